The fraction of sp³-hybridized carbons (Fsp3) is 0.0833. The molecule has 1 atom stereocenters. The number of aromatic nitrogens is 3. The van der Waals surface area contributed by atoms with Crippen LogP contribution in [0, 0.1) is 0 Å². The van der Waals surface area contributed by atoms with Gasteiger partial charge in [0.2, 0.25) is 0 Å². The first kappa shape index (κ1) is 16.4. The fourth-order valence-corrected chi connectivity index (χ4v) is 3.31. The van der Waals surface area contributed by atoms with E-state index in [9.17, 15) is 0 Å². The molecule has 28 heavy (non-hydrogen) atoms. The second-order valence-corrected chi connectivity index (χ2v) is 6.61. The molecule has 4 nitrogen and oxygen atoms in total. The van der Waals surface area contributed by atoms with Gasteiger partial charge in [-0.05, 0) is 29.9 Å². The lowest BCUT2D eigenvalue weighted by Gasteiger charge is -2.13. The van der Waals surface area contributed by atoms with E-state index in [4.69, 9.17) is 19.7 Å². The molecule has 2 aliphatic rings. The van der Waals surface area contributed by atoms with Crippen LogP contribution < -0.4 is 4.74 Å². The third-order valence-corrected chi connectivity index (χ3v) is 4.71. The standard InChI is InChI=1S/C24H17N3O/c1-2-5-11-17(10-4-1)22-25-23(18-12-6-3-7-13-18)27-24(26-22)21-16-19-14-8-9-15-20(19)28-21/h1,3-15,21H,16H2. The van der Waals surface area contributed by atoms with E-state index >= 15 is 0 Å². The number of nitrogens with zero attached hydrogens (tertiary/aromatic N) is 3. The van der Waals surface area contributed by atoms with Gasteiger partial charge in [0.05, 0.1) is 0 Å². The molecule has 4 heteroatoms. The Morgan fingerprint density at radius 2 is 1.68 bits per heavy atom. The van der Waals surface area contributed by atoms with Crippen LogP contribution in [0.2, 0.25) is 0 Å². The van der Waals surface area contributed by atoms with Gasteiger partial charge in [-0.3, -0.25) is 0 Å². The minimum absolute atomic E-state index is 0.217. The fourth-order valence-electron chi connectivity index (χ4n) is 3.31. The Balaban J connectivity index is 1.60. The number of para-hydroxylation sites is 1. The Labute approximate surface area is 163 Å². The maximum atomic E-state index is 6.13. The van der Waals surface area contributed by atoms with Crippen molar-refractivity contribution in [2.75, 3.05) is 0 Å². The van der Waals surface area contributed by atoms with Gasteiger partial charge in [0.1, 0.15) is 5.75 Å². The first-order valence-corrected chi connectivity index (χ1v) is 9.22. The van der Waals surface area contributed by atoms with Gasteiger partial charge in [-0.15, -0.1) is 5.73 Å². The molecule has 1 aliphatic heterocycles. The first-order chi connectivity index (χ1) is 13.9. The monoisotopic (exact) mass is 363 g/mol. The minimum atomic E-state index is -0.217. The smallest absolute Gasteiger partial charge is 0.174 e. The van der Waals surface area contributed by atoms with E-state index in [-0.39, 0.29) is 6.10 Å². The average Bonchev–Trinajstić information content (AvgIpc) is 3.00. The van der Waals surface area contributed by atoms with Crippen LogP contribution in [0.4, 0.5) is 0 Å². The maximum Gasteiger partial charge on any atom is 0.174 e. The van der Waals surface area contributed by atoms with Crippen LogP contribution in [-0.4, -0.2) is 15.0 Å². The van der Waals surface area contributed by atoms with Crippen molar-refractivity contribution in [3.05, 3.63) is 108 Å². The maximum absolute atomic E-state index is 6.13. The molecule has 2 aromatic carbocycles. The van der Waals surface area contributed by atoms with Crippen molar-refractivity contribution in [3.8, 4) is 17.1 Å². The van der Waals surface area contributed by atoms with E-state index in [2.05, 4.69) is 11.8 Å². The second kappa shape index (κ2) is 7.10. The summed E-state index contributed by atoms with van der Waals surface area (Å²) in [6, 6.07) is 18.0. The molecule has 0 spiro atoms. The van der Waals surface area contributed by atoms with Crippen LogP contribution >= 0.6 is 0 Å². The molecular weight excluding hydrogens is 346 g/mol. The SMILES string of the molecule is C1=CC=CC(c2nc(-c3ccccc3)nc(C3Cc4ccccc4O3)n2)=CC=1. The molecule has 2 heterocycles. The molecule has 0 N–H and O–H groups in total. The zero-order valence-corrected chi connectivity index (χ0v) is 15.1. The quantitative estimate of drug-likeness (QED) is 0.622. The number of hydrogen-bond acceptors (Lipinski definition) is 4. The summed E-state index contributed by atoms with van der Waals surface area (Å²) in [5, 5.41) is 0. The summed E-state index contributed by atoms with van der Waals surface area (Å²) in [6.07, 6.45) is 10.1. The summed E-state index contributed by atoms with van der Waals surface area (Å²) >= 11 is 0. The molecule has 0 radical (unpaired) electrons. The predicted octanol–water partition coefficient (Wildman–Crippen LogP) is 4.88. The van der Waals surface area contributed by atoms with Crippen molar-refractivity contribution in [3.63, 3.8) is 0 Å². The Morgan fingerprint density at radius 3 is 2.57 bits per heavy atom. The Morgan fingerprint density at radius 1 is 0.857 bits per heavy atom. The molecular formula is C24H17N3O. The van der Waals surface area contributed by atoms with Crippen LogP contribution in [0.25, 0.3) is 17.0 Å². The lowest BCUT2D eigenvalue weighted by Crippen LogP contribution is -2.12. The highest BCUT2D eigenvalue weighted by atomic mass is 16.5. The molecule has 0 saturated carbocycles. The second-order valence-electron chi connectivity index (χ2n) is 6.61. The lowest BCUT2D eigenvalue weighted by atomic mass is 10.1. The van der Waals surface area contributed by atoms with Gasteiger partial charge in [-0.25, -0.2) is 15.0 Å². The summed E-state index contributed by atoms with van der Waals surface area (Å²) in [4.78, 5) is 14.2. The Kier molecular flexibility index (Phi) is 4.17. The molecule has 0 saturated heterocycles. The summed E-state index contributed by atoms with van der Waals surface area (Å²) in [5.41, 5.74) is 6.11. The van der Waals surface area contributed by atoms with Gasteiger partial charge in [0.15, 0.2) is 23.6 Å². The van der Waals surface area contributed by atoms with Crippen LogP contribution in [0.5, 0.6) is 5.75 Å². The van der Waals surface area contributed by atoms with E-state index < -0.39 is 0 Å². The van der Waals surface area contributed by atoms with Gasteiger partial charge in [0.25, 0.3) is 0 Å². The van der Waals surface area contributed by atoms with E-state index in [1.807, 2.05) is 78.9 Å². The summed E-state index contributed by atoms with van der Waals surface area (Å²) < 4.78 is 6.13. The molecule has 3 aromatic rings. The van der Waals surface area contributed by atoms with Crippen LogP contribution in [0.15, 0.2) is 90.7 Å². The topological polar surface area (TPSA) is 47.9 Å². The third kappa shape index (κ3) is 3.18. The summed E-state index contributed by atoms with van der Waals surface area (Å²) in [6.45, 7) is 0. The van der Waals surface area contributed by atoms with Crippen molar-refractivity contribution >= 4 is 5.57 Å². The molecule has 1 unspecified atom stereocenters. The summed E-state index contributed by atoms with van der Waals surface area (Å²) in [5.74, 6) is 2.83. The predicted molar refractivity (Wildman–Crippen MR) is 109 cm³/mol. The van der Waals surface area contributed by atoms with Crippen molar-refractivity contribution in [1.82, 2.24) is 15.0 Å². The largest absolute Gasteiger partial charge is 0.482 e. The number of hydrogen-bond donors (Lipinski definition) is 0. The molecule has 5 rings (SSSR count). The molecule has 0 fully saturated rings. The number of ether oxygens (including phenoxy) is 1. The average molecular weight is 363 g/mol. The van der Waals surface area contributed by atoms with Crippen molar-refractivity contribution < 1.29 is 4.74 Å². The number of benzene rings is 2. The van der Waals surface area contributed by atoms with E-state index in [0.29, 0.717) is 17.5 Å². The number of rotatable bonds is 3. The van der Waals surface area contributed by atoms with E-state index in [0.717, 1.165) is 23.3 Å². The van der Waals surface area contributed by atoms with E-state index in [1.165, 1.54) is 5.56 Å². The molecule has 0 bridgehead atoms. The Hall–Kier alpha value is -3.75. The van der Waals surface area contributed by atoms with Crippen molar-refractivity contribution in [2.45, 2.75) is 12.5 Å². The normalized spacial score (nSPS) is 17.0. The van der Waals surface area contributed by atoms with Crippen LogP contribution in [0.3, 0.4) is 0 Å². The number of allylic oxidation sites excluding steroid dienone is 5. The van der Waals surface area contributed by atoms with Crippen molar-refractivity contribution in [2.24, 2.45) is 0 Å². The molecule has 1 aromatic heterocycles. The minimum Gasteiger partial charge on any atom is -0.482 e. The highest BCUT2D eigenvalue weighted by Gasteiger charge is 2.27. The molecule has 0 amide bonds. The lowest BCUT2D eigenvalue weighted by molar-refractivity contribution is 0.227. The van der Waals surface area contributed by atoms with Crippen LogP contribution in [-0.2, 0) is 6.42 Å². The molecule has 1 aliphatic carbocycles. The zero-order chi connectivity index (χ0) is 18.8. The zero-order valence-electron chi connectivity index (χ0n) is 15.1. The van der Waals surface area contributed by atoms with Crippen molar-refractivity contribution in [1.29, 1.82) is 0 Å². The molecule has 134 valence electrons. The summed E-state index contributed by atoms with van der Waals surface area (Å²) in [7, 11) is 0. The van der Waals surface area contributed by atoms with Gasteiger partial charge < -0.3 is 4.74 Å². The van der Waals surface area contributed by atoms with Gasteiger partial charge in [-0.1, -0.05) is 60.7 Å². The van der Waals surface area contributed by atoms with E-state index in [1.54, 1.807) is 0 Å². The highest BCUT2D eigenvalue weighted by molar-refractivity contribution is 5.73. The van der Waals surface area contributed by atoms with Gasteiger partial charge in [0, 0.05) is 17.6 Å². The third-order valence-electron chi connectivity index (χ3n) is 4.71. The Bertz CT molecular complexity index is 1130. The highest BCUT2D eigenvalue weighted by Crippen LogP contribution is 2.35. The van der Waals surface area contributed by atoms with Gasteiger partial charge >= 0.3 is 0 Å². The first-order valence-electron chi connectivity index (χ1n) is 9.22. The van der Waals surface area contributed by atoms with Gasteiger partial charge in [-0.2, -0.15) is 0 Å². The van der Waals surface area contributed by atoms with Crippen LogP contribution in [0.1, 0.15) is 23.3 Å². The number of fused-ring (bicyclic) bond motifs is 1.